The van der Waals surface area contributed by atoms with Crippen molar-refractivity contribution < 1.29 is 4.79 Å². The lowest BCUT2D eigenvalue weighted by Gasteiger charge is -2.13. The fourth-order valence-corrected chi connectivity index (χ4v) is 1.18. The summed E-state index contributed by atoms with van der Waals surface area (Å²) < 4.78 is 0. The number of hydrogen-bond donors (Lipinski definition) is 1. The van der Waals surface area contributed by atoms with Crippen molar-refractivity contribution in [1.82, 2.24) is 4.90 Å². The van der Waals surface area contributed by atoms with Gasteiger partial charge in [0.15, 0.2) is 0 Å². The minimum atomic E-state index is -0.0729. The molecular weight excluding hydrogens is 194 g/mol. The van der Waals surface area contributed by atoms with Gasteiger partial charge in [0.1, 0.15) is 0 Å². The van der Waals surface area contributed by atoms with E-state index in [0.29, 0.717) is 12.1 Å². The van der Waals surface area contributed by atoms with Crippen LogP contribution in [0.3, 0.4) is 0 Å². The number of rotatable bonds is 2. The van der Waals surface area contributed by atoms with Crippen LogP contribution in [-0.2, 0) is 0 Å². The molecule has 1 rings (SSSR count). The average molecular weight is 205 g/mol. The number of carbonyl (C=O) groups excluding carboxylic acids is 1. The van der Waals surface area contributed by atoms with Crippen molar-refractivity contribution in [3.63, 3.8) is 0 Å². The maximum absolute atomic E-state index is 11.7. The summed E-state index contributed by atoms with van der Waals surface area (Å²) in [5.74, 6) is 2.35. The van der Waals surface area contributed by atoms with Crippen molar-refractivity contribution in [2.45, 2.75) is 4.90 Å². The van der Waals surface area contributed by atoms with Gasteiger partial charge in [-0.25, -0.2) is 0 Å². The van der Waals surface area contributed by atoms with Crippen LogP contribution >= 0.6 is 12.6 Å². The predicted molar refractivity (Wildman–Crippen MR) is 59.5 cm³/mol. The molecule has 0 aliphatic carbocycles. The highest BCUT2D eigenvalue weighted by molar-refractivity contribution is 7.80. The monoisotopic (exact) mass is 205 g/mol. The molecule has 1 amide bonds. The zero-order chi connectivity index (χ0) is 10.6. The van der Waals surface area contributed by atoms with Crippen LogP contribution in [0.5, 0.6) is 0 Å². The van der Waals surface area contributed by atoms with E-state index in [1.165, 1.54) is 4.90 Å². The van der Waals surface area contributed by atoms with E-state index >= 15 is 0 Å². The van der Waals surface area contributed by atoms with Crippen LogP contribution in [0.25, 0.3) is 0 Å². The topological polar surface area (TPSA) is 20.3 Å². The first-order valence-corrected chi connectivity index (χ1v) is 4.58. The highest BCUT2D eigenvalue weighted by atomic mass is 32.1. The van der Waals surface area contributed by atoms with Gasteiger partial charge in [0.25, 0.3) is 5.91 Å². The van der Waals surface area contributed by atoms with E-state index in [4.69, 9.17) is 6.42 Å². The molecule has 0 aromatic heterocycles. The third kappa shape index (κ3) is 2.54. The van der Waals surface area contributed by atoms with Crippen molar-refractivity contribution in [1.29, 1.82) is 0 Å². The Balaban J connectivity index is 2.80. The summed E-state index contributed by atoms with van der Waals surface area (Å²) in [7, 11) is 1.68. The van der Waals surface area contributed by atoms with Gasteiger partial charge in [-0.1, -0.05) is 5.92 Å². The lowest BCUT2D eigenvalue weighted by molar-refractivity contribution is 0.0812. The molecule has 0 unspecified atom stereocenters. The second-order valence-electron chi connectivity index (χ2n) is 2.91. The van der Waals surface area contributed by atoms with Gasteiger partial charge in [-0.05, 0) is 24.3 Å². The van der Waals surface area contributed by atoms with Crippen LogP contribution in [0.4, 0.5) is 0 Å². The second kappa shape index (κ2) is 4.73. The standard InChI is InChI=1S/C11H11NOS/c1-3-8-12(2)11(13)9-4-6-10(14)7-5-9/h1,4-7,14H,8H2,2H3. The van der Waals surface area contributed by atoms with Gasteiger partial charge in [-0.15, -0.1) is 19.1 Å². The van der Waals surface area contributed by atoms with Crippen molar-refractivity contribution in [3.8, 4) is 12.3 Å². The zero-order valence-corrected chi connectivity index (χ0v) is 8.79. The Morgan fingerprint density at radius 1 is 1.50 bits per heavy atom. The van der Waals surface area contributed by atoms with Crippen molar-refractivity contribution in [2.24, 2.45) is 0 Å². The Bertz CT molecular complexity index is 364. The Labute approximate surface area is 89.3 Å². The maximum atomic E-state index is 11.7. The number of benzene rings is 1. The van der Waals surface area contributed by atoms with Gasteiger partial charge in [-0.3, -0.25) is 4.79 Å². The molecule has 72 valence electrons. The Kier molecular flexibility index (Phi) is 3.61. The molecular formula is C11H11NOS. The zero-order valence-electron chi connectivity index (χ0n) is 7.90. The minimum Gasteiger partial charge on any atom is -0.331 e. The molecule has 0 fully saturated rings. The van der Waals surface area contributed by atoms with E-state index in [9.17, 15) is 4.79 Å². The SMILES string of the molecule is C#CCN(C)C(=O)c1ccc(S)cc1. The quantitative estimate of drug-likeness (QED) is 0.575. The first kappa shape index (κ1) is 10.7. The summed E-state index contributed by atoms with van der Waals surface area (Å²) in [5.41, 5.74) is 0.626. The van der Waals surface area contributed by atoms with E-state index in [-0.39, 0.29) is 5.91 Å². The fourth-order valence-electron chi connectivity index (χ4n) is 1.03. The normalized spacial score (nSPS) is 9.21. The van der Waals surface area contributed by atoms with Crippen molar-refractivity contribution in [2.75, 3.05) is 13.6 Å². The first-order chi connectivity index (χ1) is 6.65. The van der Waals surface area contributed by atoms with Gasteiger partial charge in [0, 0.05) is 17.5 Å². The number of hydrogen-bond acceptors (Lipinski definition) is 2. The fraction of sp³-hybridized carbons (Fsp3) is 0.182. The van der Waals surface area contributed by atoms with Gasteiger partial charge in [-0.2, -0.15) is 0 Å². The van der Waals surface area contributed by atoms with Gasteiger partial charge >= 0.3 is 0 Å². The molecule has 0 spiro atoms. The third-order valence-corrected chi connectivity index (χ3v) is 2.09. The molecule has 0 atom stereocenters. The molecule has 0 saturated heterocycles. The molecule has 0 bridgehead atoms. The lowest BCUT2D eigenvalue weighted by Crippen LogP contribution is -2.26. The van der Waals surface area contributed by atoms with Gasteiger partial charge in [0.05, 0.1) is 6.54 Å². The molecule has 0 aliphatic rings. The highest BCUT2D eigenvalue weighted by Crippen LogP contribution is 2.09. The molecule has 0 aliphatic heterocycles. The Morgan fingerprint density at radius 3 is 2.57 bits per heavy atom. The number of nitrogens with zero attached hydrogens (tertiary/aromatic N) is 1. The summed E-state index contributed by atoms with van der Waals surface area (Å²) in [6.45, 7) is 0.321. The largest absolute Gasteiger partial charge is 0.331 e. The Hall–Kier alpha value is -1.40. The summed E-state index contributed by atoms with van der Waals surface area (Å²) in [6.07, 6.45) is 5.11. The number of carbonyl (C=O) groups is 1. The van der Waals surface area contributed by atoms with Crippen LogP contribution in [0.2, 0.25) is 0 Å². The van der Waals surface area contributed by atoms with E-state index < -0.39 is 0 Å². The molecule has 0 saturated carbocycles. The molecule has 0 heterocycles. The third-order valence-electron chi connectivity index (χ3n) is 1.79. The summed E-state index contributed by atoms with van der Waals surface area (Å²) >= 11 is 4.14. The lowest BCUT2D eigenvalue weighted by atomic mass is 10.2. The average Bonchev–Trinajstić information content (AvgIpc) is 2.18. The van der Waals surface area contributed by atoms with Crippen LogP contribution in [0, 0.1) is 12.3 Å². The molecule has 3 heteroatoms. The van der Waals surface area contributed by atoms with E-state index in [1.54, 1.807) is 31.3 Å². The van der Waals surface area contributed by atoms with Crippen LogP contribution < -0.4 is 0 Å². The first-order valence-electron chi connectivity index (χ1n) is 4.13. The molecule has 1 aromatic rings. The number of thiol groups is 1. The Morgan fingerprint density at radius 2 is 2.07 bits per heavy atom. The van der Waals surface area contributed by atoms with Crippen LogP contribution in [0.1, 0.15) is 10.4 Å². The number of amides is 1. The maximum Gasteiger partial charge on any atom is 0.254 e. The number of terminal acetylenes is 1. The highest BCUT2D eigenvalue weighted by Gasteiger charge is 2.09. The summed E-state index contributed by atoms with van der Waals surface area (Å²) in [6, 6.07) is 7.02. The minimum absolute atomic E-state index is 0.0729. The van der Waals surface area contributed by atoms with E-state index in [2.05, 4.69) is 18.5 Å². The molecule has 0 radical (unpaired) electrons. The predicted octanol–water partition coefficient (Wildman–Crippen LogP) is 1.68. The summed E-state index contributed by atoms with van der Waals surface area (Å²) in [4.78, 5) is 14.0. The smallest absolute Gasteiger partial charge is 0.254 e. The molecule has 14 heavy (non-hydrogen) atoms. The molecule has 1 aromatic carbocycles. The molecule has 0 N–H and O–H groups in total. The van der Waals surface area contributed by atoms with E-state index in [0.717, 1.165) is 4.90 Å². The van der Waals surface area contributed by atoms with Crippen molar-refractivity contribution >= 4 is 18.5 Å². The van der Waals surface area contributed by atoms with Crippen molar-refractivity contribution in [3.05, 3.63) is 29.8 Å². The van der Waals surface area contributed by atoms with Gasteiger partial charge in [0.2, 0.25) is 0 Å². The van der Waals surface area contributed by atoms with Crippen LogP contribution in [0.15, 0.2) is 29.2 Å². The second-order valence-corrected chi connectivity index (χ2v) is 3.43. The van der Waals surface area contributed by atoms with E-state index in [1.807, 2.05) is 0 Å². The van der Waals surface area contributed by atoms with Crippen LogP contribution in [-0.4, -0.2) is 24.4 Å². The summed E-state index contributed by atoms with van der Waals surface area (Å²) in [5, 5.41) is 0. The van der Waals surface area contributed by atoms with Gasteiger partial charge < -0.3 is 4.90 Å². The molecule has 2 nitrogen and oxygen atoms in total.